The van der Waals surface area contributed by atoms with E-state index in [9.17, 15) is 43.2 Å². The predicted molar refractivity (Wildman–Crippen MR) is 399 cm³/mol. The van der Waals surface area contributed by atoms with Gasteiger partial charge in [0.15, 0.2) is 12.2 Å². The van der Waals surface area contributed by atoms with Gasteiger partial charge in [0.25, 0.3) is 0 Å². The second-order valence-corrected chi connectivity index (χ2v) is 28.8. The lowest BCUT2D eigenvalue weighted by molar-refractivity contribution is -0.161. The number of ether oxygens (including phenoxy) is 4. The van der Waals surface area contributed by atoms with Crippen molar-refractivity contribution in [3.05, 3.63) is 85.1 Å². The molecule has 0 aromatic rings. The zero-order valence-electron chi connectivity index (χ0n) is 62.0. The van der Waals surface area contributed by atoms with Gasteiger partial charge in [-0.05, 0) is 116 Å². The van der Waals surface area contributed by atoms with E-state index in [1.807, 2.05) is 0 Å². The highest BCUT2D eigenvalue weighted by atomic mass is 31.2. The molecule has 0 aliphatic rings. The largest absolute Gasteiger partial charge is 0.472 e. The molecule has 0 saturated carbocycles. The monoisotopic (exact) mass is 1420 g/mol. The second-order valence-electron chi connectivity index (χ2n) is 25.9. The van der Waals surface area contributed by atoms with E-state index >= 15 is 0 Å². The summed E-state index contributed by atoms with van der Waals surface area (Å²) < 4.78 is 68.5. The standard InChI is InChI=1S/C79H140O17P2/c1-5-9-13-17-21-25-29-33-35-36-38-42-44-48-52-56-60-64-77(82)90-70-75(96-79(84)66-62-58-54-50-46-40-32-28-24-20-16-12-8-4)72-94-98(87,88)92-68-73(80)67-91-97(85,86)93-71-74(95-78(83)65-61-57-53-49-45-39-31-27-23-19-15-11-7-3)69-89-76(81)63-59-55-51-47-43-41-37-34-30-26-22-18-14-10-6-2/h9,13,16,20-21,25,28,32-35,37-38,42,73-75,80H,5-8,10-12,14-15,17-19,22-24,26-27,29-31,36,39-41,43-72H2,1-4H3,(H,85,86)(H,87,88)/b13-9-,20-16-,25-21-,32-28-,35-33-,37-34-,42-38-. The zero-order valence-corrected chi connectivity index (χ0v) is 63.7. The summed E-state index contributed by atoms with van der Waals surface area (Å²) in [5.41, 5.74) is 0. The molecule has 17 nitrogen and oxygen atoms in total. The van der Waals surface area contributed by atoms with Gasteiger partial charge in [0.2, 0.25) is 0 Å². The molecule has 98 heavy (non-hydrogen) atoms. The Morgan fingerprint density at radius 2 is 0.551 bits per heavy atom. The third kappa shape index (κ3) is 70.7. The Hall–Kier alpha value is -3.76. The van der Waals surface area contributed by atoms with Crippen LogP contribution in [-0.2, 0) is 65.4 Å². The van der Waals surface area contributed by atoms with E-state index in [-0.39, 0.29) is 25.7 Å². The van der Waals surface area contributed by atoms with Crippen molar-refractivity contribution in [1.29, 1.82) is 0 Å². The van der Waals surface area contributed by atoms with Crippen LogP contribution in [0, 0.1) is 0 Å². The summed E-state index contributed by atoms with van der Waals surface area (Å²) in [6.45, 7) is 4.68. The van der Waals surface area contributed by atoms with Crippen LogP contribution in [0.25, 0.3) is 0 Å². The van der Waals surface area contributed by atoms with E-state index in [1.54, 1.807) is 0 Å². The molecule has 3 N–H and O–H groups in total. The van der Waals surface area contributed by atoms with Crippen molar-refractivity contribution in [3.8, 4) is 0 Å². The van der Waals surface area contributed by atoms with Crippen LogP contribution in [0.1, 0.15) is 336 Å². The molecule has 19 heteroatoms. The summed E-state index contributed by atoms with van der Waals surface area (Å²) in [7, 11) is -9.95. The topological polar surface area (TPSA) is 237 Å². The minimum absolute atomic E-state index is 0.0737. The van der Waals surface area contributed by atoms with Gasteiger partial charge in [-0.15, -0.1) is 0 Å². The molecule has 0 heterocycles. The van der Waals surface area contributed by atoms with Gasteiger partial charge in [0.1, 0.15) is 19.3 Å². The van der Waals surface area contributed by atoms with Crippen molar-refractivity contribution in [1.82, 2.24) is 0 Å². The van der Waals surface area contributed by atoms with Gasteiger partial charge in [-0.2, -0.15) is 0 Å². The molecule has 0 bridgehead atoms. The molecule has 0 spiro atoms. The number of phosphoric acid groups is 2. The lowest BCUT2D eigenvalue weighted by atomic mass is 10.0. The molecule has 0 amide bonds. The van der Waals surface area contributed by atoms with Crippen LogP contribution in [0.15, 0.2) is 85.1 Å². The van der Waals surface area contributed by atoms with Crippen molar-refractivity contribution >= 4 is 39.5 Å². The Morgan fingerprint density at radius 1 is 0.296 bits per heavy atom. The molecule has 568 valence electrons. The fraction of sp³-hybridized carbons (Fsp3) is 0.772. The molecular formula is C79H140O17P2. The fourth-order valence-electron chi connectivity index (χ4n) is 10.4. The highest BCUT2D eigenvalue weighted by Gasteiger charge is 2.30. The normalized spacial score (nSPS) is 14.4. The molecular weight excluding hydrogens is 1280 g/mol. The summed E-state index contributed by atoms with van der Waals surface area (Å²) in [5.74, 6) is -2.21. The first-order valence-corrected chi connectivity index (χ1v) is 41.8. The first-order chi connectivity index (χ1) is 47.7. The van der Waals surface area contributed by atoms with Gasteiger partial charge < -0.3 is 33.8 Å². The van der Waals surface area contributed by atoms with Crippen LogP contribution in [0.2, 0.25) is 0 Å². The van der Waals surface area contributed by atoms with Crippen LogP contribution in [0.3, 0.4) is 0 Å². The van der Waals surface area contributed by atoms with Gasteiger partial charge in [0.05, 0.1) is 26.4 Å². The number of hydrogen-bond acceptors (Lipinski definition) is 15. The lowest BCUT2D eigenvalue weighted by Gasteiger charge is -2.21. The van der Waals surface area contributed by atoms with Crippen molar-refractivity contribution < 1.29 is 80.2 Å². The summed E-state index contributed by atoms with van der Waals surface area (Å²) >= 11 is 0. The number of hydrogen-bond donors (Lipinski definition) is 3. The second kappa shape index (κ2) is 71.6. The van der Waals surface area contributed by atoms with E-state index in [0.29, 0.717) is 25.7 Å². The summed E-state index contributed by atoms with van der Waals surface area (Å²) in [4.78, 5) is 72.9. The van der Waals surface area contributed by atoms with E-state index < -0.39 is 97.5 Å². The molecule has 0 radical (unpaired) electrons. The zero-order chi connectivity index (χ0) is 71.8. The summed E-state index contributed by atoms with van der Waals surface area (Å²) in [6.07, 6.45) is 72.8. The molecule has 0 saturated heterocycles. The number of phosphoric ester groups is 2. The molecule has 0 rings (SSSR count). The van der Waals surface area contributed by atoms with Crippen LogP contribution in [-0.4, -0.2) is 96.7 Å². The van der Waals surface area contributed by atoms with E-state index in [2.05, 4.69) is 113 Å². The fourth-order valence-corrected chi connectivity index (χ4v) is 12.0. The minimum Gasteiger partial charge on any atom is -0.462 e. The third-order valence-electron chi connectivity index (χ3n) is 16.3. The molecule has 0 aromatic carbocycles. The number of rotatable bonds is 73. The van der Waals surface area contributed by atoms with Crippen LogP contribution in [0.5, 0.6) is 0 Å². The first-order valence-electron chi connectivity index (χ1n) is 38.8. The van der Waals surface area contributed by atoms with Gasteiger partial charge in [-0.1, -0.05) is 280 Å². The smallest absolute Gasteiger partial charge is 0.462 e. The Kier molecular flexibility index (Phi) is 68.9. The van der Waals surface area contributed by atoms with Crippen molar-refractivity contribution in [2.24, 2.45) is 0 Å². The predicted octanol–water partition coefficient (Wildman–Crippen LogP) is 22.2. The van der Waals surface area contributed by atoms with Gasteiger partial charge in [0, 0.05) is 25.7 Å². The number of esters is 4. The molecule has 0 aromatic heterocycles. The number of aliphatic hydroxyl groups excluding tert-OH is 1. The first kappa shape index (κ1) is 94.2. The number of unbranched alkanes of at least 4 members (excludes halogenated alkanes) is 33. The van der Waals surface area contributed by atoms with E-state index in [0.717, 1.165) is 167 Å². The average molecular weight is 1420 g/mol. The molecule has 5 atom stereocenters. The Balaban J connectivity index is 5.35. The van der Waals surface area contributed by atoms with Crippen molar-refractivity contribution in [3.63, 3.8) is 0 Å². The van der Waals surface area contributed by atoms with E-state index in [1.165, 1.54) is 89.9 Å². The number of carbonyl (C=O) groups is 4. The SMILES string of the molecule is CC/C=C\C/C=C\C/C=C\C/C=C\CCCCCCC(=O)OCC(COP(=O)(O)OCC(O)COP(=O)(O)OCC(COC(=O)CCCCCCC/C=C\CCCCCCCC)OC(=O)CCCCCCCCCCCCCCC)OC(=O)CCCCCCC/C=C\C/C=C\CCC. The van der Waals surface area contributed by atoms with Crippen molar-refractivity contribution in [2.75, 3.05) is 39.6 Å². The maximum atomic E-state index is 13.1. The molecule has 0 aliphatic carbocycles. The quantitative estimate of drug-likeness (QED) is 0.0169. The number of aliphatic hydroxyl groups is 1. The Bertz CT molecular complexity index is 2190. The highest BCUT2D eigenvalue weighted by molar-refractivity contribution is 7.47. The summed E-state index contributed by atoms with van der Waals surface area (Å²) in [6, 6.07) is 0. The molecule has 0 aliphatic heterocycles. The van der Waals surface area contributed by atoms with Gasteiger partial charge in [-0.3, -0.25) is 37.3 Å². The molecule has 5 unspecified atom stereocenters. The Morgan fingerprint density at radius 3 is 0.867 bits per heavy atom. The van der Waals surface area contributed by atoms with Gasteiger partial charge >= 0.3 is 39.5 Å². The number of allylic oxidation sites excluding steroid dienone is 14. The summed E-state index contributed by atoms with van der Waals surface area (Å²) in [5, 5.41) is 10.6. The van der Waals surface area contributed by atoms with Gasteiger partial charge in [-0.25, -0.2) is 9.13 Å². The highest BCUT2D eigenvalue weighted by Crippen LogP contribution is 2.45. The average Bonchev–Trinajstić information content (AvgIpc) is 0.969. The Labute approximate surface area is 595 Å². The third-order valence-corrected chi connectivity index (χ3v) is 18.2. The van der Waals surface area contributed by atoms with Crippen LogP contribution >= 0.6 is 15.6 Å². The minimum atomic E-state index is -4.98. The molecule has 0 fully saturated rings. The number of carbonyl (C=O) groups excluding carboxylic acids is 4. The lowest BCUT2D eigenvalue weighted by Crippen LogP contribution is -2.30. The van der Waals surface area contributed by atoms with E-state index in [4.69, 9.17) is 37.0 Å². The maximum Gasteiger partial charge on any atom is 0.472 e. The van der Waals surface area contributed by atoms with Crippen LogP contribution < -0.4 is 0 Å². The maximum absolute atomic E-state index is 13.1. The van der Waals surface area contributed by atoms with Crippen LogP contribution in [0.4, 0.5) is 0 Å². The van der Waals surface area contributed by atoms with Crippen molar-refractivity contribution in [2.45, 2.75) is 354 Å².